The van der Waals surface area contributed by atoms with Crippen LogP contribution in [0.5, 0.6) is 0 Å². The Morgan fingerprint density at radius 3 is 2.32 bits per heavy atom. The van der Waals surface area contributed by atoms with E-state index in [1.165, 1.54) is 0 Å². The van der Waals surface area contributed by atoms with Gasteiger partial charge in [-0.2, -0.15) is 5.26 Å². The lowest BCUT2D eigenvalue weighted by molar-refractivity contribution is 0.0713. The number of nitrogens with zero attached hydrogens (tertiary/aromatic N) is 2. The maximum atomic E-state index is 13.2. The Morgan fingerprint density at radius 1 is 1.08 bits per heavy atom. The highest BCUT2D eigenvalue weighted by Crippen LogP contribution is 2.29. The first-order valence-electron chi connectivity index (χ1n) is 12.3. The number of aryl methyl sites for hydroxylation is 1. The minimum Gasteiger partial charge on any atom is -0.339 e. The van der Waals surface area contributed by atoms with Crippen molar-refractivity contribution in [3.8, 4) is 6.07 Å². The molecular weight excluding hydrogens is 512 g/mol. The average Bonchev–Trinajstić information content (AvgIpc) is 2.87. The van der Waals surface area contributed by atoms with E-state index >= 15 is 0 Å². The van der Waals surface area contributed by atoms with Crippen molar-refractivity contribution in [1.82, 2.24) is 9.62 Å². The van der Waals surface area contributed by atoms with Crippen LogP contribution in [-0.4, -0.2) is 58.3 Å². The Bertz CT molecular complexity index is 1360. The molecule has 0 aliphatic carbocycles. The number of likely N-dealkylation sites (tertiary alicyclic amines) is 1. The van der Waals surface area contributed by atoms with Gasteiger partial charge in [0.15, 0.2) is 0 Å². The minimum atomic E-state index is -3.74. The van der Waals surface area contributed by atoms with Gasteiger partial charge in [-0.1, -0.05) is 18.2 Å². The SMILES string of the molecule is Cc1ccc(C(=O)N2CCC(c3ccc(C#N)cc3)CC2)cc1NS(=O)(=O)CCCNS(=O)(=O)C(C)C. The van der Waals surface area contributed by atoms with Gasteiger partial charge < -0.3 is 4.90 Å². The summed E-state index contributed by atoms with van der Waals surface area (Å²) in [4.78, 5) is 14.9. The second-order valence-corrected chi connectivity index (χ2v) is 13.8. The molecule has 1 heterocycles. The van der Waals surface area contributed by atoms with Crippen LogP contribution in [0.2, 0.25) is 0 Å². The van der Waals surface area contributed by atoms with Gasteiger partial charge in [0, 0.05) is 25.2 Å². The average molecular weight is 547 g/mol. The molecule has 1 aliphatic heterocycles. The summed E-state index contributed by atoms with van der Waals surface area (Å²) in [6.45, 7) is 6.06. The molecule has 0 bridgehead atoms. The topological polar surface area (TPSA) is 136 Å². The molecule has 1 saturated heterocycles. The molecule has 11 heteroatoms. The first-order valence-corrected chi connectivity index (χ1v) is 15.5. The van der Waals surface area contributed by atoms with Crippen LogP contribution in [0, 0.1) is 18.3 Å². The normalized spacial score (nSPS) is 14.9. The number of hydrogen-bond donors (Lipinski definition) is 2. The Hall–Kier alpha value is -2.94. The number of anilines is 1. The summed E-state index contributed by atoms with van der Waals surface area (Å²) in [5.74, 6) is -0.0855. The molecule has 2 aromatic rings. The predicted octanol–water partition coefficient (Wildman–Crippen LogP) is 3.35. The zero-order valence-corrected chi connectivity index (χ0v) is 23.0. The summed E-state index contributed by atoms with van der Waals surface area (Å²) >= 11 is 0. The molecule has 3 rings (SSSR count). The molecular formula is C26H34N4O5S2. The quantitative estimate of drug-likeness (QED) is 0.439. The van der Waals surface area contributed by atoms with Crippen molar-refractivity contribution < 1.29 is 21.6 Å². The van der Waals surface area contributed by atoms with Crippen LogP contribution in [0.15, 0.2) is 42.5 Å². The van der Waals surface area contributed by atoms with Gasteiger partial charge >= 0.3 is 0 Å². The smallest absolute Gasteiger partial charge is 0.253 e. The monoisotopic (exact) mass is 546 g/mol. The molecule has 37 heavy (non-hydrogen) atoms. The first-order chi connectivity index (χ1) is 17.4. The lowest BCUT2D eigenvalue weighted by atomic mass is 9.89. The summed E-state index contributed by atoms with van der Waals surface area (Å²) in [6.07, 6.45) is 1.74. The fourth-order valence-electron chi connectivity index (χ4n) is 4.16. The third kappa shape index (κ3) is 7.77. The van der Waals surface area contributed by atoms with Crippen molar-refractivity contribution in [2.45, 2.75) is 51.2 Å². The molecule has 0 atom stereocenters. The van der Waals surface area contributed by atoms with Crippen LogP contribution in [0.25, 0.3) is 0 Å². The highest BCUT2D eigenvalue weighted by Gasteiger charge is 2.25. The van der Waals surface area contributed by atoms with Crippen LogP contribution in [-0.2, 0) is 20.0 Å². The van der Waals surface area contributed by atoms with Gasteiger partial charge in [-0.25, -0.2) is 21.6 Å². The van der Waals surface area contributed by atoms with Crippen LogP contribution in [0.3, 0.4) is 0 Å². The van der Waals surface area contributed by atoms with Crippen molar-refractivity contribution >= 4 is 31.6 Å². The van der Waals surface area contributed by atoms with Crippen LogP contribution in [0.4, 0.5) is 5.69 Å². The number of hydrogen-bond acceptors (Lipinski definition) is 6. The van der Waals surface area contributed by atoms with E-state index in [4.69, 9.17) is 5.26 Å². The van der Waals surface area contributed by atoms with Gasteiger partial charge in [0.2, 0.25) is 20.0 Å². The lowest BCUT2D eigenvalue weighted by Gasteiger charge is -2.32. The number of nitrogens with one attached hydrogen (secondary N) is 2. The van der Waals surface area contributed by atoms with Crippen LogP contribution >= 0.6 is 0 Å². The number of rotatable bonds is 10. The van der Waals surface area contributed by atoms with Crippen LogP contribution in [0.1, 0.15) is 66.1 Å². The summed E-state index contributed by atoms with van der Waals surface area (Å²) in [5, 5.41) is 8.39. The number of carbonyl (C=O) groups is 1. The van der Waals surface area contributed by atoms with E-state index in [0.717, 1.165) is 18.4 Å². The second kappa shape index (κ2) is 12.1. The molecule has 9 nitrogen and oxygen atoms in total. The minimum absolute atomic E-state index is 0.0252. The van der Waals surface area contributed by atoms with E-state index in [-0.39, 0.29) is 24.6 Å². The standard InChI is InChI=1S/C26H34N4O5S2/c1-19(2)37(34,35)28-13-4-16-36(32,33)29-25-17-24(8-5-20(25)3)26(31)30-14-11-23(12-15-30)22-9-6-21(18-27)7-10-22/h5-10,17,19,23,28-29H,4,11-16H2,1-3H3. The van der Waals surface area contributed by atoms with Crippen molar-refractivity contribution in [1.29, 1.82) is 5.26 Å². The van der Waals surface area contributed by atoms with Gasteiger partial charge in [-0.3, -0.25) is 9.52 Å². The molecule has 2 N–H and O–H groups in total. The highest BCUT2D eigenvalue weighted by molar-refractivity contribution is 7.92. The molecule has 2 aromatic carbocycles. The number of sulfonamides is 2. The Kier molecular flexibility index (Phi) is 9.34. The Morgan fingerprint density at radius 2 is 1.73 bits per heavy atom. The third-order valence-electron chi connectivity index (χ3n) is 6.56. The van der Waals surface area contributed by atoms with E-state index in [9.17, 15) is 21.6 Å². The highest BCUT2D eigenvalue weighted by atomic mass is 32.2. The molecule has 1 aliphatic rings. The summed E-state index contributed by atoms with van der Waals surface area (Å²) < 4.78 is 53.8. The van der Waals surface area contributed by atoms with Crippen molar-refractivity contribution in [3.05, 3.63) is 64.7 Å². The van der Waals surface area contributed by atoms with E-state index in [1.54, 1.807) is 43.9 Å². The van der Waals surface area contributed by atoms with Gasteiger partial charge in [-0.15, -0.1) is 0 Å². The fraction of sp³-hybridized carbons (Fsp3) is 0.462. The van der Waals surface area contributed by atoms with Gasteiger partial charge in [0.1, 0.15) is 0 Å². The number of amides is 1. The molecule has 200 valence electrons. The number of benzene rings is 2. The maximum absolute atomic E-state index is 13.2. The summed E-state index contributed by atoms with van der Waals surface area (Å²) in [7, 11) is -7.18. The first kappa shape index (κ1) is 28.6. The predicted molar refractivity (Wildman–Crippen MR) is 144 cm³/mol. The maximum Gasteiger partial charge on any atom is 0.253 e. The number of carbonyl (C=O) groups excluding carboxylic acids is 1. The largest absolute Gasteiger partial charge is 0.339 e. The van der Waals surface area contributed by atoms with Gasteiger partial charge in [0.05, 0.1) is 28.3 Å². The van der Waals surface area contributed by atoms with Crippen molar-refractivity contribution in [3.63, 3.8) is 0 Å². The molecule has 0 aromatic heterocycles. The fourth-order valence-corrected chi connectivity index (χ4v) is 6.10. The number of piperidine rings is 1. The molecule has 0 spiro atoms. The second-order valence-electron chi connectivity index (χ2n) is 9.59. The molecule has 0 saturated carbocycles. The van der Waals surface area contributed by atoms with E-state index in [0.29, 0.717) is 41.4 Å². The van der Waals surface area contributed by atoms with E-state index < -0.39 is 25.3 Å². The van der Waals surface area contributed by atoms with E-state index in [2.05, 4.69) is 15.5 Å². The van der Waals surface area contributed by atoms with E-state index in [1.807, 2.05) is 24.3 Å². The molecule has 1 amide bonds. The van der Waals surface area contributed by atoms with Crippen molar-refractivity contribution in [2.24, 2.45) is 0 Å². The summed E-state index contributed by atoms with van der Waals surface area (Å²) in [6, 6.07) is 14.7. The Balaban J connectivity index is 1.58. The number of nitriles is 1. The molecule has 0 radical (unpaired) electrons. The molecule has 1 fully saturated rings. The zero-order valence-electron chi connectivity index (χ0n) is 21.4. The van der Waals surface area contributed by atoms with Crippen LogP contribution < -0.4 is 9.44 Å². The Labute approximate surface area is 220 Å². The van der Waals surface area contributed by atoms with Gasteiger partial charge in [0.25, 0.3) is 5.91 Å². The third-order valence-corrected chi connectivity index (χ3v) is 9.76. The summed E-state index contributed by atoms with van der Waals surface area (Å²) in [5.41, 5.74) is 3.21. The molecule has 0 unspecified atom stereocenters. The van der Waals surface area contributed by atoms with Gasteiger partial charge in [-0.05, 0) is 81.3 Å². The zero-order chi connectivity index (χ0) is 27.2. The van der Waals surface area contributed by atoms with Crippen molar-refractivity contribution in [2.75, 3.05) is 30.1 Å². The lowest BCUT2D eigenvalue weighted by Crippen LogP contribution is -2.38.